The van der Waals surface area contributed by atoms with Gasteiger partial charge < -0.3 is 74.4 Å². The number of aliphatic hydroxyl groups is 8. The van der Waals surface area contributed by atoms with Crippen LogP contribution in [0.1, 0.15) is 120 Å². The van der Waals surface area contributed by atoms with Crippen LogP contribution < -0.4 is 0 Å². The van der Waals surface area contributed by atoms with Crippen LogP contribution in [-0.2, 0) is 38.0 Å². The minimum Gasteiger partial charge on any atom is -0.479 e. The quantitative estimate of drug-likeness (QED) is 0.130. The first-order valence-electron chi connectivity index (χ1n) is 23.4. The molecule has 5 aliphatic carbocycles. The molecular formula is C47H74O17. The number of rotatable bonds is 7. The Morgan fingerprint density at radius 2 is 1.34 bits per heavy atom. The summed E-state index contributed by atoms with van der Waals surface area (Å²) in [5.74, 6) is -1.61. The molecule has 8 aliphatic rings. The van der Waals surface area contributed by atoms with Crippen LogP contribution in [0, 0.1) is 44.3 Å². The summed E-state index contributed by atoms with van der Waals surface area (Å²) < 4.78 is 36.1. The third kappa shape index (κ3) is 7.40. The van der Waals surface area contributed by atoms with E-state index in [0.717, 1.165) is 38.5 Å². The molecule has 0 bridgehead atoms. The molecule has 64 heavy (non-hydrogen) atoms. The summed E-state index contributed by atoms with van der Waals surface area (Å²) in [5, 5.41) is 97.3. The third-order valence-electron chi connectivity index (χ3n) is 18.6. The van der Waals surface area contributed by atoms with Gasteiger partial charge >= 0.3 is 5.97 Å². The van der Waals surface area contributed by atoms with E-state index in [0.29, 0.717) is 19.3 Å². The monoisotopic (exact) mass is 910 g/mol. The number of fused-ring (bicyclic) bond motifs is 6. The summed E-state index contributed by atoms with van der Waals surface area (Å²) in [6.07, 6.45) is -18.1. The highest BCUT2D eigenvalue weighted by atomic mass is 16.8. The van der Waals surface area contributed by atoms with Crippen molar-refractivity contribution in [2.24, 2.45) is 44.3 Å². The first kappa shape index (κ1) is 48.8. The highest BCUT2D eigenvalue weighted by Gasteiger charge is 2.71. The number of carboxylic acids is 1. The Bertz CT molecular complexity index is 1840. The van der Waals surface area contributed by atoms with Crippen molar-refractivity contribution in [3.63, 3.8) is 0 Å². The minimum atomic E-state index is -2.00. The number of carbonyl (C=O) groups is 2. The smallest absolute Gasteiger partial charge is 0.335 e. The minimum absolute atomic E-state index is 0.0362. The number of Topliss-reactive ketones (excluding diaryl/α,β-unsaturated/α-hetero) is 1. The van der Waals surface area contributed by atoms with Crippen molar-refractivity contribution in [3.05, 3.63) is 11.1 Å². The molecule has 3 heterocycles. The lowest BCUT2D eigenvalue weighted by Gasteiger charge is -2.70. The van der Waals surface area contributed by atoms with Crippen LogP contribution >= 0.6 is 0 Å². The van der Waals surface area contributed by atoms with Crippen molar-refractivity contribution in [1.29, 1.82) is 0 Å². The Kier molecular flexibility index (Phi) is 12.6. The molecule has 0 radical (unpaired) electrons. The SMILES string of the molecule is CC1OC(OC2C(OC3C(O[C@H]4CC[C@@]5(C)C(CC[C@]6(C)C5C(=O)CC5=C7CC(C)(C)CC(O)[C@]7(C)CC[C@]56C)C4(C)C)OC(C(=O)O)C(O)C3O)OCC(O)C2O)C(O)C(O)C1O. The predicted octanol–water partition coefficient (Wildman–Crippen LogP) is 1.69. The van der Waals surface area contributed by atoms with E-state index in [1.54, 1.807) is 0 Å². The number of hydrogen-bond acceptors (Lipinski definition) is 16. The molecule has 17 unspecified atom stereocenters. The van der Waals surface area contributed by atoms with E-state index in [4.69, 9.17) is 28.4 Å². The number of aliphatic hydroxyl groups excluding tert-OH is 8. The average molecular weight is 911 g/mol. The fourth-order valence-corrected chi connectivity index (χ4v) is 14.6. The summed E-state index contributed by atoms with van der Waals surface area (Å²) in [5.41, 5.74) is 0.426. The zero-order chi connectivity index (χ0) is 47.0. The molecule has 7 fully saturated rings. The molecule has 9 N–H and O–H groups in total. The van der Waals surface area contributed by atoms with Crippen LogP contribution in [0.5, 0.6) is 0 Å². The zero-order valence-electron chi connectivity index (χ0n) is 38.8. The first-order chi connectivity index (χ1) is 29.6. The highest BCUT2D eigenvalue weighted by molar-refractivity contribution is 5.88. The van der Waals surface area contributed by atoms with E-state index in [9.17, 15) is 50.8 Å². The van der Waals surface area contributed by atoms with Gasteiger partial charge in [0.25, 0.3) is 0 Å². The van der Waals surface area contributed by atoms with Crippen molar-refractivity contribution in [1.82, 2.24) is 0 Å². The molecule has 364 valence electrons. The molecule has 17 heteroatoms. The number of ether oxygens (including phenoxy) is 6. The first-order valence-corrected chi connectivity index (χ1v) is 23.4. The number of carbonyl (C=O) groups excluding carboxylic acids is 1. The van der Waals surface area contributed by atoms with E-state index in [1.807, 2.05) is 0 Å². The van der Waals surface area contributed by atoms with Crippen molar-refractivity contribution < 1.29 is 84.0 Å². The van der Waals surface area contributed by atoms with Crippen molar-refractivity contribution >= 4 is 11.8 Å². The van der Waals surface area contributed by atoms with Gasteiger partial charge in [0, 0.05) is 17.8 Å². The summed E-state index contributed by atoms with van der Waals surface area (Å²) in [7, 11) is 0. The second-order valence-electron chi connectivity index (χ2n) is 23.2. The van der Waals surface area contributed by atoms with E-state index >= 15 is 4.79 Å². The molecule has 8 rings (SSSR count). The number of hydrogen-bond donors (Lipinski definition) is 9. The molecule has 4 saturated carbocycles. The van der Waals surface area contributed by atoms with E-state index in [-0.39, 0.29) is 39.3 Å². The molecule has 22 atom stereocenters. The van der Waals surface area contributed by atoms with Gasteiger partial charge in [-0.1, -0.05) is 66.5 Å². The van der Waals surface area contributed by atoms with Crippen LogP contribution in [-0.4, -0.2) is 163 Å². The fourth-order valence-electron chi connectivity index (χ4n) is 14.6. The van der Waals surface area contributed by atoms with Gasteiger partial charge in [0.1, 0.15) is 60.7 Å². The van der Waals surface area contributed by atoms with Gasteiger partial charge in [-0.15, -0.1) is 0 Å². The van der Waals surface area contributed by atoms with E-state index in [2.05, 4.69) is 55.4 Å². The second-order valence-corrected chi connectivity index (χ2v) is 23.2. The topological polar surface area (TPSA) is 272 Å². The molecule has 0 aromatic heterocycles. The lowest BCUT2D eigenvalue weighted by molar-refractivity contribution is -0.386. The Balaban J connectivity index is 1.06. The molecule has 0 spiro atoms. The number of carboxylic acid groups (broad SMARTS) is 1. The van der Waals surface area contributed by atoms with E-state index < -0.39 is 122 Å². The number of ketones is 1. The van der Waals surface area contributed by atoms with Crippen LogP contribution in [0.4, 0.5) is 0 Å². The number of aliphatic carboxylic acids is 1. The van der Waals surface area contributed by atoms with Gasteiger partial charge in [0.15, 0.2) is 25.0 Å². The lowest BCUT2D eigenvalue weighted by atomic mass is 9.33. The summed E-state index contributed by atoms with van der Waals surface area (Å²) in [6, 6.07) is 0. The molecule has 3 saturated heterocycles. The lowest BCUT2D eigenvalue weighted by Crippen LogP contribution is -2.68. The van der Waals surface area contributed by atoms with Gasteiger partial charge in [-0.05, 0) is 91.3 Å². The maximum atomic E-state index is 15.0. The van der Waals surface area contributed by atoms with Crippen molar-refractivity contribution in [2.45, 2.75) is 218 Å². The Hall–Kier alpha value is -1.68. The Morgan fingerprint density at radius 1 is 0.688 bits per heavy atom. The van der Waals surface area contributed by atoms with Gasteiger partial charge in [0.2, 0.25) is 0 Å². The Morgan fingerprint density at radius 3 is 2.02 bits per heavy atom. The summed E-state index contributed by atoms with van der Waals surface area (Å²) in [4.78, 5) is 27.4. The van der Waals surface area contributed by atoms with Crippen LogP contribution in [0.25, 0.3) is 0 Å². The van der Waals surface area contributed by atoms with Crippen molar-refractivity contribution in [3.8, 4) is 0 Å². The standard InChI is InChI=1S/C47H74O17/c1-20-28(51)30(53)33(56)39(60-20)63-35-29(52)24(49)19-59-40(35)64-36-32(55)31(54)34(38(57)58)62-41(36)61-27-11-12-45(7)25(43(27,4)5)10-13-47(9)37(45)23(48)16-21-22-17-42(2,3)18-26(50)44(22,6)14-15-46(21,47)8/h20,24-37,39-41,49-56H,10-19H2,1-9H3,(H,57,58)/t20?,24?,25?,26?,27-,28?,29?,30?,31?,32?,33?,34?,35?,36?,37?,39?,40?,41?,44+,45-,46+,47+/m0/s1. The predicted molar refractivity (Wildman–Crippen MR) is 224 cm³/mol. The van der Waals surface area contributed by atoms with E-state index in [1.165, 1.54) is 18.1 Å². The van der Waals surface area contributed by atoms with Gasteiger partial charge in [-0.25, -0.2) is 4.79 Å². The fraction of sp³-hybridized carbons (Fsp3) is 0.915. The third-order valence-corrected chi connectivity index (χ3v) is 18.6. The molecule has 0 aromatic rings. The van der Waals surface area contributed by atoms with Crippen LogP contribution in [0.3, 0.4) is 0 Å². The maximum absolute atomic E-state index is 15.0. The molecule has 3 aliphatic heterocycles. The molecule has 0 amide bonds. The molecule has 17 nitrogen and oxygen atoms in total. The highest BCUT2D eigenvalue weighted by Crippen LogP contribution is 2.75. The second kappa shape index (κ2) is 16.5. The molecule has 0 aromatic carbocycles. The largest absolute Gasteiger partial charge is 0.479 e. The Labute approximate surface area is 375 Å². The van der Waals surface area contributed by atoms with Crippen LogP contribution in [0.15, 0.2) is 11.1 Å². The normalized spacial score (nSPS) is 53.7. The van der Waals surface area contributed by atoms with Crippen LogP contribution in [0.2, 0.25) is 0 Å². The number of allylic oxidation sites excluding steroid dienone is 1. The van der Waals surface area contributed by atoms with Gasteiger partial charge in [0.05, 0.1) is 24.9 Å². The average Bonchev–Trinajstić information content (AvgIpc) is 3.20. The maximum Gasteiger partial charge on any atom is 0.335 e. The van der Waals surface area contributed by atoms with Gasteiger partial charge in [-0.3, -0.25) is 4.79 Å². The summed E-state index contributed by atoms with van der Waals surface area (Å²) in [6.45, 7) is 18.7. The molecular weight excluding hydrogens is 837 g/mol. The van der Waals surface area contributed by atoms with Gasteiger partial charge in [-0.2, -0.15) is 0 Å². The zero-order valence-corrected chi connectivity index (χ0v) is 38.8. The summed E-state index contributed by atoms with van der Waals surface area (Å²) >= 11 is 0. The van der Waals surface area contributed by atoms with Crippen molar-refractivity contribution in [2.75, 3.05) is 6.61 Å².